The molecule has 0 unspecified atom stereocenters. The molecule has 1 N–H and O–H groups in total. The van der Waals surface area contributed by atoms with E-state index in [1.807, 2.05) is 24.0 Å². The number of thiophene rings is 1. The van der Waals surface area contributed by atoms with Gasteiger partial charge in [-0.15, -0.1) is 11.3 Å². The molecule has 0 saturated carbocycles. The van der Waals surface area contributed by atoms with Crippen LogP contribution in [0.25, 0.3) is 10.1 Å². The summed E-state index contributed by atoms with van der Waals surface area (Å²) >= 11 is 1.44. The number of ether oxygens (including phenoxy) is 1. The quantitative estimate of drug-likeness (QED) is 0.622. The minimum atomic E-state index is -3.82. The molecule has 4 rings (SSSR count). The van der Waals surface area contributed by atoms with Crippen molar-refractivity contribution in [3.63, 3.8) is 0 Å². The summed E-state index contributed by atoms with van der Waals surface area (Å²) in [5.74, 6) is 0.349. The van der Waals surface area contributed by atoms with Crippen molar-refractivity contribution in [3.8, 4) is 5.75 Å². The van der Waals surface area contributed by atoms with E-state index in [2.05, 4.69) is 4.72 Å². The predicted molar refractivity (Wildman–Crippen MR) is 120 cm³/mol. The third kappa shape index (κ3) is 4.15. The van der Waals surface area contributed by atoms with Crippen LogP contribution in [0.3, 0.4) is 0 Å². The summed E-state index contributed by atoms with van der Waals surface area (Å²) in [7, 11) is -2.37. The molecular weight excluding hydrogens is 420 g/mol. The summed E-state index contributed by atoms with van der Waals surface area (Å²) in [4.78, 5) is 15.5. The molecule has 1 aliphatic heterocycles. The number of anilines is 1. The number of nitrogens with zero attached hydrogens (tertiary/aromatic N) is 1. The lowest BCUT2D eigenvalue weighted by atomic mass is 10.1. The smallest absolute Gasteiger partial charge is 0.265 e. The molecule has 0 spiro atoms. The van der Waals surface area contributed by atoms with Gasteiger partial charge in [-0.3, -0.25) is 9.52 Å². The maximum absolute atomic E-state index is 12.9. The molecule has 0 radical (unpaired) electrons. The fourth-order valence-electron chi connectivity index (χ4n) is 3.67. The lowest BCUT2D eigenvalue weighted by Gasteiger charge is -2.26. The number of carbonyl (C=O) groups is 1. The van der Waals surface area contributed by atoms with Crippen LogP contribution in [0.4, 0.5) is 5.69 Å². The van der Waals surface area contributed by atoms with E-state index in [-0.39, 0.29) is 10.8 Å². The number of hydrogen-bond acceptors (Lipinski definition) is 5. The molecule has 1 aliphatic rings. The second kappa shape index (κ2) is 8.28. The first-order valence-corrected chi connectivity index (χ1v) is 12.2. The molecule has 3 aromatic rings. The number of aryl methyl sites for hydroxylation is 1. The van der Waals surface area contributed by atoms with Gasteiger partial charge in [-0.05, 0) is 73.5 Å². The molecule has 1 amide bonds. The number of amides is 1. The Labute approximate surface area is 180 Å². The van der Waals surface area contributed by atoms with E-state index >= 15 is 0 Å². The zero-order valence-corrected chi connectivity index (χ0v) is 18.6. The Bertz CT molecular complexity index is 1200. The van der Waals surface area contributed by atoms with Gasteiger partial charge >= 0.3 is 0 Å². The molecule has 30 heavy (non-hydrogen) atoms. The molecule has 1 saturated heterocycles. The summed E-state index contributed by atoms with van der Waals surface area (Å²) in [5.41, 5.74) is 1.27. The van der Waals surface area contributed by atoms with Crippen molar-refractivity contribution >= 4 is 43.0 Å². The standard InChI is InChI=1S/C22H24N2O4S2/c1-15-6-8-18(28-2)21(12-15)30(26,27)23-17-7-9-19-16(13-17)14-20(29-19)22(25)24-10-4-3-5-11-24/h6-9,12-14,23H,3-5,10-11H2,1-2H3. The second-order valence-corrected chi connectivity index (χ2v) is 10.2. The van der Waals surface area contributed by atoms with Crippen LogP contribution in [0.5, 0.6) is 5.75 Å². The van der Waals surface area contributed by atoms with Gasteiger partial charge in [-0.2, -0.15) is 0 Å². The summed E-state index contributed by atoms with van der Waals surface area (Å²) in [5, 5.41) is 0.844. The van der Waals surface area contributed by atoms with Crippen molar-refractivity contribution in [1.82, 2.24) is 4.90 Å². The Kier molecular flexibility index (Phi) is 5.71. The number of carbonyl (C=O) groups excluding carboxylic acids is 1. The van der Waals surface area contributed by atoms with Crippen LogP contribution in [0.2, 0.25) is 0 Å². The molecule has 158 valence electrons. The van der Waals surface area contributed by atoms with Gasteiger partial charge in [-0.25, -0.2) is 8.42 Å². The zero-order chi connectivity index (χ0) is 21.3. The van der Waals surface area contributed by atoms with Gasteiger partial charge in [0, 0.05) is 23.5 Å². The number of rotatable bonds is 5. The molecule has 1 aromatic heterocycles. The molecule has 1 fully saturated rings. The van der Waals surface area contributed by atoms with E-state index in [9.17, 15) is 13.2 Å². The van der Waals surface area contributed by atoms with Crippen molar-refractivity contribution in [1.29, 1.82) is 0 Å². The van der Waals surface area contributed by atoms with Crippen molar-refractivity contribution < 1.29 is 17.9 Å². The maximum Gasteiger partial charge on any atom is 0.265 e. The fraction of sp³-hybridized carbons (Fsp3) is 0.318. The number of piperidine rings is 1. The number of nitrogens with one attached hydrogen (secondary N) is 1. The number of sulfonamides is 1. The highest BCUT2D eigenvalue weighted by Crippen LogP contribution is 2.32. The van der Waals surface area contributed by atoms with Crippen LogP contribution >= 0.6 is 11.3 Å². The Morgan fingerprint density at radius 1 is 1.07 bits per heavy atom. The Morgan fingerprint density at radius 3 is 2.57 bits per heavy atom. The van der Waals surface area contributed by atoms with E-state index < -0.39 is 10.0 Å². The average molecular weight is 445 g/mol. The summed E-state index contributed by atoms with van der Waals surface area (Å²) in [6.45, 7) is 3.43. The second-order valence-electron chi connectivity index (χ2n) is 7.48. The molecule has 0 bridgehead atoms. The van der Waals surface area contributed by atoms with Crippen LogP contribution < -0.4 is 9.46 Å². The minimum absolute atomic E-state index is 0.0579. The van der Waals surface area contributed by atoms with Gasteiger partial charge in [0.05, 0.1) is 12.0 Å². The van der Waals surface area contributed by atoms with Crippen LogP contribution in [0, 0.1) is 6.92 Å². The van der Waals surface area contributed by atoms with Gasteiger partial charge < -0.3 is 9.64 Å². The van der Waals surface area contributed by atoms with Crippen molar-refractivity contribution in [2.24, 2.45) is 0 Å². The first kappa shape index (κ1) is 20.7. The molecule has 6 nitrogen and oxygen atoms in total. The van der Waals surface area contributed by atoms with Crippen LogP contribution in [0.15, 0.2) is 47.4 Å². The third-order valence-corrected chi connectivity index (χ3v) is 7.74. The normalized spacial score (nSPS) is 14.7. The van der Waals surface area contributed by atoms with Gasteiger partial charge in [0.25, 0.3) is 15.9 Å². The van der Waals surface area contributed by atoms with E-state index in [0.717, 1.165) is 41.6 Å². The Morgan fingerprint density at radius 2 is 1.83 bits per heavy atom. The first-order valence-electron chi connectivity index (χ1n) is 9.88. The Balaban J connectivity index is 1.61. The first-order chi connectivity index (χ1) is 14.4. The molecule has 0 aliphatic carbocycles. The lowest BCUT2D eigenvalue weighted by molar-refractivity contribution is 0.0729. The monoisotopic (exact) mass is 444 g/mol. The molecule has 8 heteroatoms. The number of benzene rings is 2. The zero-order valence-electron chi connectivity index (χ0n) is 17.0. The highest BCUT2D eigenvalue weighted by Gasteiger charge is 2.22. The van der Waals surface area contributed by atoms with E-state index in [0.29, 0.717) is 16.3 Å². The van der Waals surface area contributed by atoms with E-state index in [1.165, 1.54) is 24.9 Å². The lowest BCUT2D eigenvalue weighted by Crippen LogP contribution is -2.35. The summed E-state index contributed by atoms with van der Waals surface area (Å²) in [6.07, 6.45) is 3.27. The average Bonchev–Trinajstić information content (AvgIpc) is 3.17. The third-order valence-electron chi connectivity index (χ3n) is 5.23. The van der Waals surface area contributed by atoms with Crippen molar-refractivity contribution in [2.45, 2.75) is 31.1 Å². The maximum atomic E-state index is 12.9. The highest BCUT2D eigenvalue weighted by molar-refractivity contribution is 7.92. The Hall–Kier alpha value is -2.58. The van der Waals surface area contributed by atoms with Crippen molar-refractivity contribution in [3.05, 3.63) is 52.9 Å². The van der Waals surface area contributed by atoms with E-state index in [1.54, 1.807) is 30.3 Å². The van der Waals surface area contributed by atoms with Crippen molar-refractivity contribution in [2.75, 3.05) is 24.9 Å². The van der Waals surface area contributed by atoms with E-state index in [4.69, 9.17) is 4.74 Å². The fourth-order valence-corrected chi connectivity index (χ4v) is 5.98. The predicted octanol–water partition coefficient (Wildman–Crippen LogP) is 4.65. The number of methoxy groups -OCH3 is 1. The van der Waals surface area contributed by atoms with Crippen LogP contribution in [-0.2, 0) is 10.0 Å². The summed E-state index contributed by atoms with van der Waals surface area (Å²) < 4.78 is 34.7. The highest BCUT2D eigenvalue weighted by atomic mass is 32.2. The van der Waals surface area contributed by atoms with Gasteiger partial charge in [0.15, 0.2) is 0 Å². The molecule has 2 heterocycles. The number of likely N-dealkylation sites (tertiary alicyclic amines) is 1. The van der Waals surface area contributed by atoms with Gasteiger partial charge in [-0.1, -0.05) is 6.07 Å². The molecular formula is C22H24N2O4S2. The van der Waals surface area contributed by atoms with Crippen LogP contribution in [-0.4, -0.2) is 39.4 Å². The largest absolute Gasteiger partial charge is 0.495 e. The topological polar surface area (TPSA) is 75.7 Å². The number of hydrogen-bond donors (Lipinski definition) is 1. The molecule has 2 aromatic carbocycles. The summed E-state index contributed by atoms with van der Waals surface area (Å²) in [6, 6.07) is 12.2. The number of fused-ring (bicyclic) bond motifs is 1. The SMILES string of the molecule is COc1ccc(C)cc1S(=O)(=O)Nc1ccc2sc(C(=O)N3CCCCC3)cc2c1. The minimum Gasteiger partial charge on any atom is -0.495 e. The molecule has 0 atom stereocenters. The van der Waals surface area contributed by atoms with Gasteiger partial charge in [0.1, 0.15) is 10.6 Å². The van der Waals surface area contributed by atoms with Gasteiger partial charge in [0.2, 0.25) is 0 Å². The van der Waals surface area contributed by atoms with Crippen LogP contribution in [0.1, 0.15) is 34.5 Å².